The van der Waals surface area contributed by atoms with Gasteiger partial charge in [0, 0.05) is 0 Å². The van der Waals surface area contributed by atoms with Gasteiger partial charge in [-0.15, -0.1) is 0 Å². The molecule has 0 aliphatic rings. The Morgan fingerprint density at radius 3 is 1.56 bits per heavy atom. The Kier molecular flexibility index (Phi) is 3.78. The molecular formula is C16H17NO. The highest BCUT2D eigenvalue weighted by atomic mass is 16.1. The lowest BCUT2D eigenvalue weighted by atomic mass is 9.97. The second-order valence-corrected chi connectivity index (χ2v) is 4.54. The van der Waals surface area contributed by atoms with Crippen molar-refractivity contribution in [3.8, 4) is 0 Å². The summed E-state index contributed by atoms with van der Waals surface area (Å²) < 4.78 is 0. The van der Waals surface area contributed by atoms with Gasteiger partial charge in [0.1, 0.15) is 0 Å². The van der Waals surface area contributed by atoms with Crippen molar-refractivity contribution in [2.45, 2.75) is 19.9 Å². The largest absolute Gasteiger partial charge is 0.348 e. The van der Waals surface area contributed by atoms with E-state index in [-0.39, 0.29) is 6.04 Å². The fraction of sp³-hybridized carbons (Fsp3) is 0.188. The van der Waals surface area contributed by atoms with E-state index in [0.717, 1.165) is 17.5 Å². The molecule has 1 N–H and O–H groups in total. The van der Waals surface area contributed by atoms with Crippen molar-refractivity contribution in [2.75, 3.05) is 0 Å². The molecule has 0 aromatic heterocycles. The van der Waals surface area contributed by atoms with Gasteiger partial charge >= 0.3 is 0 Å². The molecule has 0 radical (unpaired) electrons. The molecule has 0 saturated heterocycles. The summed E-state index contributed by atoms with van der Waals surface area (Å²) in [5.41, 5.74) is 4.62. The van der Waals surface area contributed by atoms with Gasteiger partial charge in [0.2, 0.25) is 6.41 Å². The van der Waals surface area contributed by atoms with Gasteiger partial charge in [-0.1, -0.05) is 59.7 Å². The summed E-state index contributed by atoms with van der Waals surface area (Å²) in [7, 11) is 0. The number of nitrogens with one attached hydrogen (secondary N) is 1. The van der Waals surface area contributed by atoms with Gasteiger partial charge in [-0.05, 0) is 25.0 Å². The van der Waals surface area contributed by atoms with Gasteiger partial charge in [0.15, 0.2) is 0 Å². The van der Waals surface area contributed by atoms with Crippen LogP contribution in [0.15, 0.2) is 48.5 Å². The Balaban J connectivity index is 2.35. The lowest BCUT2D eigenvalue weighted by Crippen LogP contribution is -2.20. The fourth-order valence-electron chi connectivity index (χ4n) is 1.97. The van der Waals surface area contributed by atoms with Crippen molar-refractivity contribution in [3.05, 3.63) is 70.8 Å². The van der Waals surface area contributed by atoms with Gasteiger partial charge in [-0.25, -0.2) is 0 Å². The van der Waals surface area contributed by atoms with Gasteiger partial charge in [-0.3, -0.25) is 4.79 Å². The van der Waals surface area contributed by atoms with Crippen LogP contribution in [0.5, 0.6) is 0 Å². The molecule has 0 heterocycles. The normalized spacial score (nSPS) is 10.4. The van der Waals surface area contributed by atoms with E-state index >= 15 is 0 Å². The summed E-state index contributed by atoms with van der Waals surface area (Å²) in [6.07, 6.45) is 0.754. The molecular weight excluding hydrogens is 222 g/mol. The lowest BCUT2D eigenvalue weighted by molar-refractivity contribution is -0.110. The van der Waals surface area contributed by atoms with Crippen molar-refractivity contribution < 1.29 is 4.79 Å². The molecule has 0 fully saturated rings. The summed E-state index contributed by atoms with van der Waals surface area (Å²) in [4.78, 5) is 10.8. The second kappa shape index (κ2) is 5.50. The Morgan fingerprint density at radius 2 is 1.22 bits per heavy atom. The molecule has 1 amide bonds. The zero-order chi connectivity index (χ0) is 13.0. The molecule has 92 valence electrons. The van der Waals surface area contributed by atoms with Crippen LogP contribution in [0.4, 0.5) is 0 Å². The first-order valence-electron chi connectivity index (χ1n) is 6.03. The standard InChI is InChI=1S/C16H17NO/c1-12-3-7-14(8-4-12)16(17-11-18)15-9-5-13(2)6-10-15/h3-11,16H,1-2H3,(H,17,18). The van der Waals surface area contributed by atoms with Crippen LogP contribution in [0.25, 0.3) is 0 Å². The molecule has 0 spiro atoms. The number of carbonyl (C=O) groups excluding carboxylic acids is 1. The topological polar surface area (TPSA) is 29.1 Å². The van der Waals surface area contributed by atoms with E-state index in [1.165, 1.54) is 11.1 Å². The third-order valence-electron chi connectivity index (χ3n) is 3.06. The molecule has 2 aromatic rings. The Hall–Kier alpha value is -2.09. The van der Waals surface area contributed by atoms with E-state index in [0.29, 0.717) is 0 Å². The van der Waals surface area contributed by atoms with Crippen molar-refractivity contribution in [3.63, 3.8) is 0 Å². The van der Waals surface area contributed by atoms with Crippen LogP contribution in [-0.4, -0.2) is 6.41 Å². The number of hydrogen-bond donors (Lipinski definition) is 1. The van der Waals surface area contributed by atoms with Crippen LogP contribution in [0, 0.1) is 13.8 Å². The number of amides is 1. The summed E-state index contributed by atoms with van der Waals surface area (Å²) in [6, 6.07) is 16.4. The highest BCUT2D eigenvalue weighted by Gasteiger charge is 2.12. The van der Waals surface area contributed by atoms with E-state index < -0.39 is 0 Å². The lowest BCUT2D eigenvalue weighted by Gasteiger charge is -2.17. The van der Waals surface area contributed by atoms with E-state index in [1.807, 2.05) is 0 Å². The Bertz CT molecular complexity index is 468. The predicted octanol–water partition coefficient (Wildman–Crippen LogP) is 3.14. The molecule has 0 aliphatic heterocycles. The third-order valence-corrected chi connectivity index (χ3v) is 3.06. The molecule has 2 aromatic carbocycles. The van der Waals surface area contributed by atoms with Crippen molar-refractivity contribution in [2.24, 2.45) is 0 Å². The molecule has 2 heteroatoms. The van der Waals surface area contributed by atoms with Crippen LogP contribution in [-0.2, 0) is 4.79 Å². The van der Waals surface area contributed by atoms with Crippen LogP contribution in [0.3, 0.4) is 0 Å². The zero-order valence-electron chi connectivity index (χ0n) is 10.7. The average molecular weight is 239 g/mol. The monoisotopic (exact) mass is 239 g/mol. The minimum absolute atomic E-state index is 0.0799. The number of rotatable bonds is 4. The molecule has 0 unspecified atom stereocenters. The highest BCUT2D eigenvalue weighted by Crippen LogP contribution is 2.22. The van der Waals surface area contributed by atoms with Crippen molar-refractivity contribution in [1.82, 2.24) is 5.32 Å². The SMILES string of the molecule is Cc1ccc(C(NC=O)c2ccc(C)cc2)cc1. The first kappa shape index (κ1) is 12.4. The smallest absolute Gasteiger partial charge is 0.207 e. The first-order valence-corrected chi connectivity index (χ1v) is 6.03. The molecule has 2 nitrogen and oxygen atoms in total. The summed E-state index contributed by atoms with van der Waals surface area (Å²) in [5.74, 6) is 0. The minimum Gasteiger partial charge on any atom is -0.348 e. The van der Waals surface area contributed by atoms with Gasteiger partial charge in [-0.2, -0.15) is 0 Å². The third kappa shape index (κ3) is 2.77. The molecule has 0 bridgehead atoms. The van der Waals surface area contributed by atoms with Gasteiger partial charge in [0.25, 0.3) is 0 Å². The number of benzene rings is 2. The average Bonchev–Trinajstić information content (AvgIpc) is 2.39. The van der Waals surface area contributed by atoms with Crippen LogP contribution in [0.2, 0.25) is 0 Å². The molecule has 0 aliphatic carbocycles. The number of carbonyl (C=O) groups is 1. The minimum atomic E-state index is -0.0799. The maximum absolute atomic E-state index is 10.8. The molecule has 18 heavy (non-hydrogen) atoms. The maximum Gasteiger partial charge on any atom is 0.207 e. The molecule has 0 atom stereocenters. The number of hydrogen-bond acceptors (Lipinski definition) is 1. The predicted molar refractivity (Wildman–Crippen MR) is 73.4 cm³/mol. The van der Waals surface area contributed by atoms with Crippen LogP contribution < -0.4 is 5.32 Å². The van der Waals surface area contributed by atoms with E-state index in [4.69, 9.17) is 0 Å². The van der Waals surface area contributed by atoms with Gasteiger partial charge in [0.05, 0.1) is 6.04 Å². The van der Waals surface area contributed by atoms with E-state index in [2.05, 4.69) is 67.7 Å². The maximum atomic E-state index is 10.8. The summed E-state index contributed by atoms with van der Waals surface area (Å²) in [5, 5.41) is 2.87. The van der Waals surface area contributed by atoms with Gasteiger partial charge < -0.3 is 5.32 Å². The Labute approximate surface area is 108 Å². The first-order chi connectivity index (χ1) is 8.70. The van der Waals surface area contributed by atoms with Crippen molar-refractivity contribution >= 4 is 6.41 Å². The summed E-state index contributed by atoms with van der Waals surface area (Å²) in [6.45, 7) is 4.11. The highest BCUT2D eigenvalue weighted by molar-refractivity contribution is 5.50. The second-order valence-electron chi connectivity index (χ2n) is 4.54. The van der Waals surface area contributed by atoms with Crippen LogP contribution in [0.1, 0.15) is 28.3 Å². The summed E-state index contributed by atoms with van der Waals surface area (Å²) >= 11 is 0. The fourth-order valence-corrected chi connectivity index (χ4v) is 1.97. The van der Waals surface area contributed by atoms with E-state index in [1.54, 1.807) is 0 Å². The quantitative estimate of drug-likeness (QED) is 0.816. The van der Waals surface area contributed by atoms with E-state index in [9.17, 15) is 4.79 Å². The Morgan fingerprint density at radius 1 is 0.833 bits per heavy atom. The van der Waals surface area contributed by atoms with Crippen LogP contribution >= 0.6 is 0 Å². The van der Waals surface area contributed by atoms with Crippen molar-refractivity contribution in [1.29, 1.82) is 0 Å². The molecule has 2 rings (SSSR count). The number of aryl methyl sites for hydroxylation is 2. The zero-order valence-corrected chi connectivity index (χ0v) is 10.7. The molecule has 0 saturated carbocycles.